The van der Waals surface area contributed by atoms with E-state index in [0.717, 1.165) is 23.9 Å². The molecule has 0 aliphatic rings. The third-order valence-electron chi connectivity index (χ3n) is 2.60. The number of anilines is 1. The Hall–Kier alpha value is -1.48. The molecular weight excluding hydrogens is 240 g/mol. The lowest BCUT2D eigenvalue weighted by atomic mass is 10.2. The predicted molar refractivity (Wildman–Crippen MR) is 79.8 cm³/mol. The molecule has 3 heteroatoms. The third-order valence-corrected chi connectivity index (χ3v) is 3.66. The van der Waals surface area contributed by atoms with E-state index in [1.165, 1.54) is 11.1 Å². The average Bonchev–Trinajstić information content (AvgIpc) is 2.42. The first-order chi connectivity index (χ1) is 8.90. The first kappa shape index (κ1) is 13.0. The SMILES string of the molecule is CCNc1ncccc1CSCc1ccccc1. The molecule has 0 unspecified atom stereocenters. The molecule has 1 aromatic heterocycles. The van der Waals surface area contributed by atoms with Crippen LogP contribution in [-0.2, 0) is 11.5 Å². The van der Waals surface area contributed by atoms with Crippen molar-refractivity contribution < 1.29 is 0 Å². The molecule has 0 aliphatic carbocycles. The van der Waals surface area contributed by atoms with E-state index in [0.29, 0.717) is 0 Å². The van der Waals surface area contributed by atoms with Crippen LogP contribution in [0, 0.1) is 0 Å². The highest BCUT2D eigenvalue weighted by molar-refractivity contribution is 7.97. The molecule has 0 saturated heterocycles. The Bertz CT molecular complexity index is 471. The number of aromatic nitrogens is 1. The number of benzene rings is 1. The Labute approximate surface area is 113 Å². The summed E-state index contributed by atoms with van der Waals surface area (Å²) in [4.78, 5) is 4.37. The van der Waals surface area contributed by atoms with Gasteiger partial charge in [0, 0.05) is 29.8 Å². The number of nitrogens with one attached hydrogen (secondary N) is 1. The molecule has 2 nitrogen and oxygen atoms in total. The Kier molecular flexibility index (Phi) is 5.09. The summed E-state index contributed by atoms with van der Waals surface area (Å²) in [5, 5.41) is 3.30. The second kappa shape index (κ2) is 7.07. The highest BCUT2D eigenvalue weighted by Crippen LogP contribution is 2.21. The van der Waals surface area contributed by atoms with Gasteiger partial charge in [0.05, 0.1) is 0 Å². The molecule has 2 rings (SSSR count). The maximum atomic E-state index is 4.37. The number of hydrogen-bond acceptors (Lipinski definition) is 3. The Morgan fingerprint density at radius 3 is 2.67 bits per heavy atom. The summed E-state index contributed by atoms with van der Waals surface area (Å²) in [5.74, 6) is 3.05. The lowest BCUT2D eigenvalue weighted by molar-refractivity contribution is 1.13. The molecular formula is C15H18N2S. The van der Waals surface area contributed by atoms with E-state index in [2.05, 4.69) is 53.6 Å². The van der Waals surface area contributed by atoms with Crippen LogP contribution in [0.4, 0.5) is 5.82 Å². The monoisotopic (exact) mass is 258 g/mol. The first-order valence-electron chi connectivity index (χ1n) is 6.19. The van der Waals surface area contributed by atoms with E-state index < -0.39 is 0 Å². The predicted octanol–water partition coefficient (Wildman–Crippen LogP) is 3.95. The van der Waals surface area contributed by atoms with Crippen molar-refractivity contribution in [3.63, 3.8) is 0 Å². The van der Waals surface area contributed by atoms with Gasteiger partial charge in [-0.05, 0) is 18.6 Å². The van der Waals surface area contributed by atoms with E-state index >= 15 is 0 Å². The molecule has 1 heterocycles. The van der Waals surface area contributed by atoms with Gasteiger partial charge >= 0.3 is 0 Å². The minimum Gasteiger partial charge on any atom is -0.370 e. The van der Waals surface area contributed by atoms with Gasteiger partial charge in [-0.1, -0.05) is 36.4 Å². The second-order valence-electron chi connectivity index (χ2n) is 4.02. The summed E-state index contributed by atoms with van der Waals surface area (Å²) >= 11 is 1.92. The van der Waals surface area contributed by atoms with Crippen LogP contribution in [0.2, 0.25) is 0 Å². The number of hydrogen-bond donors (Lipinski definition) is 1. The van der Waals surface area contributed by atoms with E-state index in [1.54, 1.807) is 0 Å². The van der Waals surface area contributed by atoms with Crippen molar-refractivity contribution in [2.24, 2.45) is 0 Å². The molecule has 1 N–H and O–H groups in total. The molecule has 0 spiro atoms. The molecule has 0 fully saturated rings. The van der Waals surface area contributed by atoms with Crippen molar-refractivity contribution in [2.45, 2.75) is 18.4 Å². The van der Waals surface area contributed by atoms with E-state index in [9.17, 15) is 0 Å². The van der Waals surface area contributed by atoms with Crippen LogP contribution in [0.1, 0.15) is 18.1 Å². The van der Waals surface area contributed by atoms with Gasteiger partial charge < -0.3 is 5.32 Å². The Morgan fingerprint density at radius 1 is 1.06 bits per heavy atom. The van der Waals surface area contributed by atoms with Gasteiger partial charge in [-0.25, -0.2) is 4.98 Å². The minimum atomic E-state index is 0.910. The van der Waals surface area contributed by atoms with Crippen LogP contribution in [0.15, 0.2) is 48.7 Å². The maximum Gasteiger partial charge on any atom is 0.129 e. The summed E-state index contributed by atoms with van der Waals surface area (Å²) in [7, 11) is 0. The lowest BCUT2D eigenvalue weighted by Gasteiger charge is -2.08. The van der Waals surface area contributed by atoms with Crippen LogP contribution < -0.4 is 5.32 Å². The summed E-state index contributed by atoms with van der Waals surface area (Å²) in [6.07, 6.45) is 1.84. The van der Waals surface area contributed by atoms with Crippen LogP contribution in [0.25, 0.3) is 0 Å². The number of rotatable bonds is 6. The fourth-order valence-electron chi connectivity index (χ4n) is 1.73. The second-order valence-corrected chi connectivity index (χ2v) is 5.01. The van der Waals surface area contributed by atoms with Gasteiger partial charge in [0.1, 0.15) is 5.82 Å². The molecule has 94 valence electrons. The molecule has 0 bridgehead atoms. The molecule has 0 aliphatic heterocycles. The van der Waals surface area contributed by atoms with Crippen molar-refractivity contribution in [2.75, 3.05) is 11.9 Å². The molecule has 1 aromatic carbocycles. The quantitative estimate of drug-likeness (QED) is 0.849. The van der Waals surface area contributed by atoms with E-state index in [-0.39, 0.29) is 0 Å². The summed E-state index contributed by atoms with van der Waals surface area (Å²) in [6.45, 7) is 3.00. The maximum absolute atomic E-state index is 4.37. The van der Waals surface area contributed by atoms with Crippen molar-refractivity contribution in [3.8, 4) is 0 Å². The molecule has 18 heavy (non-hydrogen) atoms. The largest absolute Gasteiger partial charge is 0.370 e. The van der Waals surface area contributed by atoms with E-state index in [1.807, 2.05) is 24.0 Å². The number of thioether (sulfide) groups is 1. The fraction of sp³-hybridized carbons (Fsp3) is 0.267. The third kappa shape index (κ3) is 3.77. The van der Waals surface area contributed by atoms with Crippen molar-refractivity contribution >= 4 is 17.6 Å². The topological polar surface area (TPSA) is 24.9 Å². The lowest BCUT2D eigenvalue weighted by Crippen LogP contribution is -2.02. The van der Waals surface area contributed by atoms with Gasteiger partial charge in [-0.15, -0.1) is 0 Å². The van der Waals surface area contributed by atoms with Gasteiger partial charge in [0.2, 0.25) is 0 Å². The smallest absolute Gasteiger partial charge is 0.129 e. The molecule has 0 atom stereocenters. The number of pyridine rings is 1. The van der Waals surface area contributed by atoms with Gasteiger partial charge in [-0.2, -0.15) is 11.8 Å². The molecule has 0 radical (unpaired) electrons. The normalized spacial score (nSPS) is 10.3. The van der Waals surface area contributed by atoms with Crippen LogP contribution >= 0.6 is 11.8 Å². The molecule has 0 amide bonds. The Balaban J connectivity index is 1.90. The average molecular weight is 258 g/mol. The van der Waals surface area contributed by atoms with Gasteiger partial charge in [0.15, 0.2) is 0 Å². The zero-order valence-electron chi connectivity index (χ0n) is 10.6. The van der Waals surface area contributed by atoms with Crippen LogP contribution in [0.5, 0.6) is 0 Å². The van der Waals surface area contributed by atoms with Crippen LogP contribution in [-0.4, -0.2) is 11.5 Å². The minimum absolute atomic E-state index is 0.910. The zero-order valence-corrected chi connectivity index (χ0v) is 11.4. The summed E-state index contributed by atoms with van der Waals surface area (Å²) in [5.41, 5.74) is 2.65. The first-order valence-corrected chi connectivity index (χ1v) is 7.35. The standard InChI is InChI=1S/C15H18N2S/c1-2-16-15-14(9-6-10-17-15)12-18-11-13-7-4-3-5-8-13/h3-10H,2,11-12H2,1H3,(H,16,17). The highest BCUT2D eigenvalue weighted by atomic mass is 32.2. The van der Waals surface area contributed by atoms with Gasteiger partial charge in [-0.3, -0.25) is 0 Å². The van der Waals surface area contributed by atoms with Crippen molar-refractivity contribution in [1.82, 2.24) is 4.98 Å². The summed E-state index contributed by atoms with van der Waals surface area (Å²) in [6, 6.07) is 14.7. The number of nitrogens with zero attached hydrogens (tertiary/aromatic N) is 1. The fourth-order valence-corrected chi connectivity index (χ4v) is 2.72. The summed E-state index contributed by atoms with van der Waals surface area (Å²) < 4.78 is 0. The Morgan fingerprint density at radius 2 is 1.89 bits per heavy atom. The van der Waals surface area contributed by atoms with E-state index in [4.69, 9.17) is 0 Å². The highest BCUT2D eigenvalue weighted by Gasteiger charge is 2.02. The van der Waals surface area contributed by atoms with Gasteiger partial charge in [0.25, 0.3) is 0 Å². The van der Waals surface area contributed by atoms with Crippen molar-refractivity contribution in [1.29, 1.82) is 0 Å². The van der Waals surface area contributed by atoms with Crippen LogP contribution in [0.3, 0.4) is 0 Å². The molecule has 0 saturated carbocycles. The zero-order chi connectivity index (χ0) is 12.6. The van der Waals surface area contributed by atoms with Crippen molar-refractivity contribution in [3.05, 3.63) is 59.8 Å². The molecule has 2 aromatic rings.